The van der Waals surface area contributed by atoms with Crippen LogP contribution in [0.25, 0.3) is 0 Å². The first-order valence-electron chi connectivity index (χ1n) is 4.94. The van der Waals surface area contributed by atoms with E-state index >= 15 is 0 Å². The molecular formula is C11H11F2NO4. The van der Waals surface area contributed by atoms with Crippen molar-refractivity contribution in [3.8, 4) is 0 Å². The van der Waals surface area contributed by atoms with Crippen molar-refractivity contribution in [3.63, 3.8) is 0 Å². The Morgan fingerprint density at radius 2 is 1.89 bits per heavy atom. The van der Waals surface area contributed by atoms with E-state index in [9.17, 15) is 18.4 Å². The van der Waals surface area contributed by atoms with E-state index in [4.69, 9.17) is 5.73 Å². The van der Waals surface area contributed by atoms with E-state index in [1.807, 2.05) is 0 Å². The van der Waals surface area contributed by atoms with Crippen molar-refractivity contribution in [1.82, 2.24) is 0 Å². The molecule has 0 saturated heterocycles. The molecule has 0 unspecified atom stereocenters. The maximum absolute atomic E-state index is 12.9. The van der Waals surface area contributed by atoms with Crippen molar-refractivity contribution in [1.29, 1.82) is 0 Å². The van der Waals surface area contributed by atoms with Gasteiger partial charge in [0, 0.05) is 11.8 Å². The molecule has 0 spiro atoms. The summed E-state index contributed by atoms with van der Waals surface area (Å²) in [6.45, 7) is -0.232. The number of methoxy groups -OCH3 is 1. The van der Waals surface area contributed by atoms with Crippen molar-refractivity contribution in [2.75, 3.05) is 19.5 Å². The molecule has 1 rings (SSSR count). The molecule has 0 atom stereocenters. The van der Waals surface area contributed by atoms with E-state index in [2.05, 4.69) is 9.47 Å². The first-order valence-corrected chi connectivity index (χ1v) is 4.94. The molecule has 0 aliphatic rings. The van der Waals surface area contributed by atoms with Crippen LogP contribution in [0.4, 0.5) is 14.5 Å². The number of carbonyl (C=O) groups excluding carboxylic acids is 2. The van der Waals surface area contributed by atoms with Crippen molar-refractivity contribution in [2.24, 2.45) is 0 Å². The molecule has 0 aliphatic carbocycles. The molecule has 1 aromatic carbocycles. The molecule has 0 radical (unpaired) electrons. The van der Waals surface area contributed by atoms with E-state index in [0.29, 0.717) is 12.1 Å². The minimum Gasteiger partial charge on any atom is -0.469 e. The lowest BCUT2D eigenvalue weighted by Gasteiger charge is -2.07. The zero-order valence-corrected chi connectivity index (χ0v) is 9.54. The molecule has 0 heterocycles. The summed E-state index contributed by atoms with van der Waals surface area (Å²) in [6.07, 6.45) is -0.133. The van der Waals surface area contributed by atoms with Gasteiger partial charge in [0.15, 0.2) is 11.6 Å². The number of hydrogen-bond donors (Lipinski definition) is 1. The van der Waals surface area contributed by atoms with E-state index in [1.165, 1.54) is 7.11 Å². The number of benzene rings is 1. The molecule has 0 aromatic heterocycles. The van der Waals surface area contributed by atoms with Crippen LogP contribution in [0.1, 0.15) is 16.8 Å². The third kappa shape index (κ3) is 3.41. The van der Waals surface area contributed by atoms with Gasteiger partial charge in [0.1, 0.15) is 6.61 Å². The Balaban J connectivity index is 2.67. The second-order valence-corrected chi connectivity index (χ2v) is 3.32. The summed E-state index contributed by atoms with van der Waals surface area (Å²) in [6, 6.07) is 1.33. The molecule has 18 heavy (non-hydrogen) atoms. The van der Waals surface area contributed by atoms with Gasteiger partial charge in [-0.2, -0.15) is 0 Å². The Morgan fingerprint density at radius 3 is 2.50 bits per heavy atom. The molecule has 2 N–H and O–H groups in total. The third-order valence-electron chi connectivity index (χ3n) is 2.08. The summed E-state index contributed by atoms with van der Waals surface area (Å²) in [7, 11) is 1.19. The highest BCUT2D eigenvalue weighted by Gasteiger charge is 2.16. The van der Waals surface area contributed by atoms with Crippen LogP contribution >= 0.6 is 0 Å². The number of ether oxygens (including phenoxy) is 2. The fourth-order valence-electron chi connectivity index (χ4n) is 1.15. The molecule has 0 amide bonds. The molecule has 0 aliphatic heterocycles. The lowest BCUT2D eigenvalue weighted by atomic mass is 10.1. The lowest BCUT2D eigenvalue weighted by Crippen LogP contribution is -2.13. The van der Waals surface area contributed by atoms with Crippen LogP contribution in [0.5, 0.6) is 0 Å². The van der Waals surface area contributed by atoms with E-state index in [0.717, 1.165) is 0 Å². The minimum absolute atomic E-state index is 0.133. The van der Waals surface area contributed by atoms with Crippen LogP contribution in [0.3, 0.4) is 0 Å². The number of carbonyl (C=O) groups is 2. The zero-order chi connectivity index (χ0) is 13.7. The second-order valence-electron chi connectivity index (χ2n) is 3.32. The van der Waals surface area contributed by atoms with Gasteiger partial charge in [-0.1, -0.05) is 0 Å². The number of nitrogens with two attached hydrogens (primary N) is 1. The summed E-state index contributed by atoms with van der Waals surface area (Å²) in [5, 5.41) is 0. The van der Waals surface area contributed by atoms with E-state index in [-0.39, 0.29) is 24.3 Å². The van der Waals surface area contributed by atoms with Crippen LogP contribution in [0, 0.1) is 11.6 Å². The molecule has 98 valence electrons. The lowest BCUT2D eigenvalue weighted by molar-refractivity contribution is -0.141. The predicted molar refractivity (Wildman–Crippen MR) is 57.7 cm³/mol. The summed E-state index contributed by atoms with van der Waals surface area (Å²) >= 11 is 0. The quantitative estimate of drug-likeness (QED) is 0.650. The summed E-state index contributed by atoms with van der Waals surface area (Å²) in [5.74, 6) is -3.85. The largest absolute Gasteiger partial charge is 0.469 e. The fourth-order valence-corrected chi connectivity index (χ4v) is 1.15. The Bertz CT molecular complexity index is 476. The first-order chi connectivity index (χ1) is 8.45. The van der Waals surface area contributed by atoms with Crippen LogP contribution in [-0.4, -0.2) is 25.7 Å². The molecule has 0 saturated carbocycles. The minimum atomic E-state index is -1.20. The maximum Gasteiger partial charge on any atom is 0.340 e. The third-order valence-corrected chi connectivity index (χ3v) is 2.08. The Hall–Kier alpha value is -2.18. The van der Waals surface area contributed by atoms with Gasteiger partial charge in [0.25, 0.3) is 0 Å². The second kappa shape index (κ2) is 5.95. The van der Waals surface area contributed by atoms with Crippen molar-refractivity contribution < 1.29 is 27.8 Å². The van der Waals surface area contributed by atoms with Gasteiger partial charge in [-0.25, -0.2) is 13.6 Å². The van der Waals surface area contributed by atoms with Crippen molar-refractivity contribution in [3.05, 3.63) is 29.3 Å². The highest BCUT2D eigenvalue weighted by Crippen LogP contribution is 2.17. The van der Waals surface area contributed by atoms with Crippen LogP contribution < -0.4 is 5.73 Å². The van der Waals surface area contributed by atoms with Gasteiger partial charge in [-0.05, 0) is 6.07 Å². The monoisotopic (exact) mass is 259 g/mol. The van der Waals surface area contributed by atoms with Gasteiger partial charge in [-0.15, -0.1) is 0 Å². The average molecular weight is 259 g/mol. The Labute approximate surface area is 101 Å². The van der Waals surface area contributed by atoms with Crippen LogP contribution in [0.2, 0.25) is 0 Å². The molecule has 0 bridgehead atoms. The number of anilines is 1. The molecule has 0 fully saturated rings. The smallest absolute Gasteiger partial charge is 0.340 e. The Kier molecular flexibility index (Phi) is 4.59. The topological polar surface area (TPSA) is 78.6 Å². The molecular weight excluding hydrogens is 248 g/mol. The van der Waals surface area contributed by atoms with Crippen molar-refractivity contribution in [2.45, 2.75) is 6.42 Å². The maximum atomic E-state index is 12.9. The number of nitrogen functional groups attached to an aromatic ring is 1. The SMILES string of the molecule is COC(=O)CCOC(=O)c1cc(F)c(F)cc1N. The summed E-state index contributed by atoms with van der Waals surface area (Å²) in [5.41, 5.74) is 4.82. The van der Waals surface area contributed by atoms with Gasteiger partial charge < -0.3 is 15.2 Å². The highest BCUT2D eigenvalue weighted by molar-refractivity contribution is 5.95. The van der Waals surface area contributed by atoms with Crippen LogP contribution in [-0.2, 0) is 14.3 Å². The molecule has 1 aromatic rings. The number of rotatable bonds is 4. The predicted octanol–water partition coefficient (Wildman–Crippen LogP) is 1.27. The van der Waals surface area contributed by atoms with Gasteiger partial charge in [0.2, 0.25) is 0 Å². The van der Waals surface area contributed by atoms with E-state index < -0.39 is 23.6 Å². The van der Waals surface area contributed by atoms with Crippen LogP contribution in [0.15, 0.2) is 12.1 Å². The highest BCUT2D eigenvalue weighted by atomic mass is 19.2. The van der Waals surface area contributed by atoms with Gasteiger partial charge >= 0.3 is 11.9 Å². The number of esters is 2. The molecule has 7 heteroatoms. The normalized spacial score (nSPS) is 9.94. The van der Waals surface area contributed by atoms with Gasteiger partial charge in [0.05, 0.1) is 19.1 Å². The fraction of sp³-hybridized carbons (Fsp3) is 0.273. The molecule has 5 nitrogen and oxygen atoms in total. The average Bonchev–Trinajstić information content (AvgIpc) is 2.33. The standard InChI is InChI=1S/C11H11F2NO4/c1-17-10(15)2-3-18-11(16)6-4-7(12)8(13)5-9(6)14/h4-5H,2-3,14H2,1H3. The first kappa shape index (κ1) is 13.9. The number of halogens is 2. The van der Waals surface area contributed by atoms with Crippen molar-refractivity contribution >= 4 is 17.6 Å². The summed E-state index contributed by atoms with van der Waals surface area (Å²) < 4.78 is 34.7. The zero-order valence-electron chi connectivity index (χ0n) is 9.54. The Morgan fingerprint density at radius 1 is 1.28 bits per heavy atom. The van der Waals surface area contributed by atoms with Gasteiger partial charge in [-0.3, -0.25) is 4.79 Å². The summed E-state index contributed by atoms with van der Waals surface area (Å²) in [4.78, 5) is 22.2. The number of hydrogen-bond acceptors (Lipinski definition) is 5. The van der Waals surface area contributed by atoms with E-state index in [1.54, 1.807) is 0 Å².